The standard InChI is InChI=1S/C52H32N4/c53-33-41(34-54)52(39-13-9-11-37(31-39)35-23-27-42(28-24-35)55-48-19-5-1-15-44(48)45-16-2-6-20-49(45)55)40-14-10-12-38(32-40)36-25-29-43(30-26-36)56-50-21-7-3-17-46(50)47-18-4-8-22-51(47)56/h1-32H. The van der Waals surface area contributed by atoms with Gasteiger partial charge in [0.25, 0.3) is 0 Å². The van der Waals surface area contributed by atoms with Crippen molar-refractivity contribution in [2.24, 2.45) is 0 Å². The van der Waals surface area contributed by atoms with Gasteiger partial charge in [-0.25, -0.2) is 0 Å². The lowest BCUT2D eigenvalue weighted by Gasteiger charge is -2.14. The van der Waals surface area contributed by atoms with Gasteiger partial charge >= 0.3 is 0 Å². The topological polar surface area (TPSA) is 57.4 Å². The van der Waals surface area contributed by atoms with Crippen molar-refractivity contribution in [2.75, 3.05) is 0 Å². The highest BCUT2D eigenvalue weighted by Gasteiger charge is 2.16. The van der Waals surface area contributed by atoms with Crippen LogP contribution in [0.2, 0.25) is 0 Å². The molecule has 0 amide bonds. The van der Waals surface area contributed by atoms with Gasteiger partial charge in [0.2, 0.25) is 0 Å². The summed E-state index contributed by atoms with van der Waals surface area (Å²) in [5.74, 6) is 0. The molecule has 0 fully saturated rings. The Morgan fingerprint density at radius 2 is 0.679 bits per heavy atom. The van der Waals surface area contributed by atoms with Gasteiger partial charge in [-0.3, -0.25) is 0 Å². The normalized spacial score (nSPS) is 11.2. The smallest absolute Gasteiger partial charge is 0.138 e. The van der Waals surface area contributed by atoms with E-state index in [0.29, 0.717) is 5.57 Å². The number of hydrogen-bond donors (Lipinski definition) is 0. The number of allylic oxidation sites excluding steroid dienone is 1. The van der Waals surface area contributed by atoms with Gasteiger partial charge in [-0.05, 0) is 94.0 Å². The van der Waals surface area contributed by atoms with Gasteiger partial charge in [0.15, 0.2) is 0 Å². The molecule has 0 aliphatic rings. The third kappa shape index (κ3) is 5.37. The quantitative estimate of drug-likeness (QED) is 0.161. The second kappa shape index (κ2) is 13.5. The van der Waals surface area contributed by atoms with Gasteiger partial charge in [-0.15, -0.1) is 0 Å². The fraction of sp³-hybridized carbons (Fsp3) is 0. The largest absolute Gasteiger partial charge is 0.309 e. The van der Waals surface area contributed by atoms with Gasteiger partial charge in [0, 0.05) is 38.5 Å². The first-order chi connectivity index (χ1) is 27.7. The number of fused-ring (bicyclic) bond motifs is 6. The molecular weight excluding hydrogens is 681 g/mol. The SMILES string of the molecule is N#CC(C#N)=C(c1cccc(-c2ccc(-n3c4ccccc4c4ccccc43)cc2)c1)c1cccc(-c2ccc(-n3c4ccccc4c4ccccc43)cc2)c1. The molecule has 0 aliphatic heterocycles. The van der Waals surface area contributed by atoms with E-state index in [1.165, 1.54) is 43.6 Å². The molecule has 4 nitrogen and oxygen atoms in total. The Bertz CT molecular complexity index is 2930. The van der Waals surface area contributed by atoms with Crippen LogP contribution in [0.4, 0.5) is 0 Å². The van der Waals surface area contributed by atoms with E-state index < -0.39 is 0 Å². The van der Waals surface area contributed by atoms with Crippen molar-refractivity contribution < 1.29 is 0 Å². The molecule has 0 unspecified atom stereocenters. The summed E-state index contributed by atoms with van der Waals surface area (Å²) >= 11 is 0. The minimum atomic E-state index is 0.0720. The second-order valence-corrected chi connectivity index (χ2v) is 14.0. The molecule has 10 aromatic rings. The van der Waals surface area contributed by atoms with Gasteiger partial charge in [-0.2, -0.15) is 10.5 Å². The maximum Gasteiger partial charge on any atom is 0.138 e. The molecule has 4 heteroatoms. The van der Waals surface area contributed by atoms with E-state index in [4.69, 9.17) is 0 Å². The van der Waals surface area contributed by atoms with Crippen molar-refractivity contribution in [1.29, 1.82) is 10.5 Å². The first-order valence-electron chi connectivity index (χ1n) is 18.6. The van der Waals surface area contributed by atoms with Crippen LogP contribution in [-0.4, -0.2) is 9.13 Å². The zero-order valence-electron chi connectivity index (χ0n) is 30.3. The van der Waals surface area contributed by atoms with E-state index >= 15 is 0 Å². The third-order valence-corrected chi connectivity index (χ3v) is 10.9. The predicted octanol–water partition coefficient (Wildman–Crippen LogP) is 13.1. The van der Waals surface area contributed by atoms with Gasteiger partial charge < -0.3 is 9.13 Å². The van der Waals surface area contributed by atoms with Crippen molar-refractivity contribution >= 4 is 49.2 Å². The molecule has 0 N–H and O–H groups in total. The summed E-state index contributed by atoms with van der Waals surface area (Å²) in [6.45, 7) is 0. The fourth-order valence-electron chi connectivity index (χ4n) is 8.31. The molecule has 0 radical (unpaired) electrons. The highest BCUT2D eigenvalue weighted by Crippen LogP contribution is 2.36. The van der Waals surface area contributed by atoms with Crippen LogP contribution in [0.15, 0.2) is 200 Å². The molecular formula is C52H32N4. The van der Waals surface area contributed by atoms with Gasteiger partial charge in [0.05, 0.1) is 22.1 Å². The lowest BCUT2D eigenvalue weighted by atomic mass is 9.90. The average molecular weight is 713 g/mol. The maximum absolute atomic E-state index is 10.2. The first kappa shape index (κ1) is 32.7. The zero-order valence-corrected chi connectivity index (χ0v) is 30.3. The lowest BCUT2D eigenvalue weighted by Crippen LogP contribution is -1.95. The molecule has 0 saturated carbocycles. The minimum absolute atomic E-state index is 0.0720. The third-order valence-electron chi connectivity index (χ3n) is 10.9. The number of rotatable bonds is 6. The van der Waals surface area contributed by atoms with E-state index in [2.05, 4.69) is 191 Å². The summed E-state index contributed by atoms with van der Waals surface area (Å²) in [7, 11) is 0. The first-order valence-corrected chi connectivity index (χ1v) is 18.6. The van der Waals surface area contributed by atoms with Crippen LogP contribution < -0.4 is 0 Å². The van der Waals surface area contributed by atoms with E-state index in [-0.39, 0.29) is 5.57 Å². The molecule has 0 bridgehead atoms. The van der Waals surface area contributed by atoms with Crippen LogP contribution in [0, 0.1) is 22.7 Å². The molecule has 10 rings (SSSR count). The molecule has 0 atom stereocenters. The summed E-state index contributed by atoms with van der Waals surface area (Å²) in [5.41, 5.74) is 13.2. The minimum Gasteiger partial charge on any atom is -0.309 e. The van der Waals surface area contributed by atoms with Crippen molar-refractivity contribution in [1.82, 2.24) is 9.13 Å². The van der Waals surface area contributed by atoms with Crippen LogP contribution in [0.3, 0.4) is 0 Å². The lowest BCUT2D eigenvalue weighted by molar-refractivity contribution is 1.18. The van der Waals surface area contributed by atoms with Crippen LogP contribution in [0.1, 0.15) is 11.1 Å². The highest BCUT2D eigenvalue weighted by atomic mass is 15.0. The highest BCUT2D eigenvalue weighted by molar-refractivity contribution is 6.10. The maximum atomic E-state index is 10.2. The van der Waals surface area contributed by atoms with Crippen LogP contribution in [-0.2, 0) is 0 Å². The molecule has 2 aromatic heterocycles. The Morgan fingerprint density at radius 3 is 1.02 bits per heavy atom. The molecule has 8 aromatic carbocycles. The molecule has 260 valence electrons. The van der Waals surface area contributed by atoms with Crippen LogP contribution in [0.5, 0.6) is 0 Å². The number of aromatic nitrogens is 2. The van der Waals surface area contributed by atoms with E-state index in [1.807, 2.05) is 24.3 Å². The number of para-hydroxylation sites is 4. The Hall–Kier alpha value is -7.92. The molecule has 0 aliphatic carbocycles. The molecule has 2 heterocycles. The Morgan fingerprint density at radius 1 is 0.339 bits per heavy atom. The monoisotopic (exact) mass is 712 g/mol. The Balaban J connectivity index is 0.998. The number of nitrogens with zero attached hydrogens (tertiary/aromatic N) is 4. The number of nitriles is 2. The summed E-state index contributed by atoms with van der Waals surface area (Å²) in [5, 5.41) is 25.3. The summed E-state index contributed by atoms with van der Waals surface area (Å²) in [6, 6.07) is 71.8. The van der Waals surface area contributed by atoms with E-state index in [1.54, 1.807) is 0 Å². The Labute approximate surface area is 324 Å². The van der Waals surface area contributed by atoms with Gasteiger partial charge in [0.1, 0.15) is 17.7 Å². The molecule has 0 saturated heterocycles. The van der Waals surface area contributed by atoms with Gasteiger partial charge in [-0.1, -0.05) is 133 Å². The summed E-state index contributed by atoms with van der Waals surface area (Å²) in [6.07, 6.45) is 0. The van der Waals surface area contributed by atoms with Crippen LogP contribution in [0.25, 0.3) is 82.8 Å². The van der Waals surface area contributed by atoms with E-state index in [9.17, 15) is 10.5 Å². The van der Waals surface area contributed by atoms with Crippen molar-refractivity contribution in [3.8, 4) is 45.8 Å². The molecule has 56 heavy (non-hydrogen) atoms. The Kier molecular flexibility index (Phi) is 7.88. The van der Waals surface area contributed by atoms with Crippen molar-refractivity contribution in [3.63, 3.8) is 0 Å². The second-order valence-electron chi connectivity index (χ2n) is 14.0. The predicted molar refractivity (Wildman–Crippen MR) is 230 cm³/mol. The van der Waals surface area contributed by atoms with Crippen LogP contribution >= 0.6 is 0 Å². The van der Waals surface area contributed by atoms with E-state index in [0.717, 1.165) is 44.8 Å². The molecule has 0 spiro atoms. The summed E-state index contributed by atoms with van der Waals surface area (Å²) in [4.78, 5) is 0. The number of hydrogen-bond acceptors (Lipinski definition) is 2. The summed E-state index contributed by atoms with van der Waals surface area (Å²) < 4.78 is 4.62. The zero-order chi connectivity index (χ0) is 37.6. The number of benzene rings is 8. The van der Waals surface area contributed by atoms with Crippen molar-refractivity contribution in [2.45, 2.75) is 0 Å². The average Bonchev–Trinajstić information content (AvgIpc) is 3.79. The fourth-order valence-corrected chi connectivity index (χ4v) is 8.31. The van der Waals surface area contributed by atoms with Crippen molar-refractivity contribution in [3.05, 3.63) is 211 Å².